The first-order chi connectivity index (χ1) is 24.1. The Morgan fingerprint density at radius 3 is 1.48 bits per heavy atom. The predicted molar refractivity (Wildman–Crippen MR) is 193 cm³/mol. The summed E-state index contributed by atoms with van der Waals surface area (Å²) >= 11 is 0. The fourth-order valence-electron chi connectivity index (χ4n) is 2.84. The van der Waals surface area contributed by atoms with E-state index >= 15 is 0 Å². The number of nitrogens with zero attached hydrogens (tertiary/aromatic N) is 1. The van der Waals surface area contributed by atoms with Crippen LogP contribution in [0.15, 0.2) is 71.1 Å². The Morgan fingerprint density at radius 2 is 1.27 bits per heavy atom. The summed E-state index contributed by atoms with van der Waals surface area (Å²) in [4.78, 5) is 54.2. The van der Waals surface area contributed by atoms with E-state index in [9.17, 15) is 29.1 Å². The van der Waals surface area contributed by atoms with E-state index < -0.39 is 5.97 Å². The Kier molecular flexibility index (Phi) is 47.6. The zero-order chi connectivity index (χ0) is 38.4. The molecule has 0 aromatic heterocycles. The van der Waals surface area contributed by atoms with Gasteiger partial charge in [0.25, 0.3) is 6.47 Å². The quantitative estimate of drug-likeness (QED) is 0.0846. The number of benzene rings is 1. The molecular formula is C37H58NNaO13. The molecule has 52 heavy (non-hydrogen) atoms. The number of esters is 4. The van der Waals surface area contributed by atoms with Gasteiger partial charge in [0.2, 0.25) is 0 Å². The Bertz CT molecular complexity index is 1130. The van der Waals surface area contributed by atoms with Crippen LogP contribution in [-0.2, 0) is 52.4 Å². The second kappa shape index (κ2) is 43.2. The van der Waals surface area contributed by atoms with Crippen molar-refractivity contribution in [3.63, 3.8) is 0 Å². The van der Waals surface area contributed by atoms with Gasteiger partial charge in [0.1, 0.15) is 0 Å². The van der Waals surface area contributed by atoms with Crippen LogP contribution >= 0.6 is 0 Å². The number of hydrogen-bond donors (Lipinski definition) is 1. The van der Waals surface area contributed by atoms with Gasteiger partial charge in [0.05, 0.1) is 57.2 Å². The number of hydrogen-bond acceptors (Lipinski definition) is 14. The van der Waals surface area contributed by atoms with Crippen LogP contribution in [0.5, 0.6) is 0 Å². The normalized spacial score (nSPS) is 15.5. The van der Waals surface area contributed by atoms with Crippen LogP contribution in [0.4, 0.5) is 5.69 Å². The number of ether oxygens (including phenoxy) is 6. The molecule has 4 saturated heterocycles. The number of carbonyl (C=O) groups excluding carboxylic acids is 5. The molecule has 0 aliphatic carbocycles. The molecule has 4 heterocycles. The second-order valence-corrected chi connectivity index (χ2v) is 9.37. The third-order valence-corrected chi connectivity index (χ3v) is 5.66. The molecule has 290 valence electrons. The molecule has 4 aliphatic rings. The van der Waals surface area contributed by atoms with E-state index in [1.807, 2.05) is 37.3 Å². The largest absolute Gasteiger partial charge is 1.00 e. The summed E-state index contributed by atoms with van der Waals surface area (Å²) in [5.74, 6) is -0.983. The molecule has 0 atom stereocenters. The number of rotatable bonds is 6. The molecule has 4 aliphatic heterocycles. The van der Waals surface area contributed by atoms with Crippen molar-refractivity contribution in [1.82, 2.24) is 0 Å². The molecule has 1 aromatic carbocycles. The molecule has 4 fully saturated rings. The Morgan fingerprint density at radius 1 is 0.769 bits per heavy atom. The summed E-state index contributed by atoms with van der Waals surface area (Å²) in [6, 6.07) is 9.64. The molecule has 15 heteroatoms. The van der Waals surface area contributed by atoms with E-state index in [-0.39, 0.29) is 60.5 Å². The first-order valence-electron chi connectivity index (χ1n) is 16.1. The van der Waals surface area contributed by atoms with E-state index in [2.05, 4.69) is 55.8 Å². The van der Waals surface area contributed by atoms with Gasteiger partial charge in [-0.1, -0.05) is 58.9 Å². The van der Waals surface area contributed by atoms with Crippen molar-refractivity contribution in [2.24, 2.45) is 4.99 Å². The monoisotopic (exact) mass is 747 g/mol. The molecule has 0 unspecified atom stereocenters. The van der Waals surface area contributed by atoms with E-state index in [0.717, 1.165) is 19.2 Å². The fraction of sp³-hybridized carbons (Fsp3) is 0.514. The van der Waals surface area contributed by atoms with Gasteiger partial charge >= 0.3 is 53.4 Å². The minimum absolute atomic E-state index is 0. The van der Waals surface area contributed by atoms with Crippen molar-refractivity contribution in [3.05, 3.63) is 66.2 Å². The molecule has 0 bridgehead atoms. The van der Waals surface area contributed by atoms with E-state index in [1.54, 1.807) is 6.92 Å². The maximum absolute atomic E-state index is 10.7. The summed E-state index contributed by atoms with van der Waals surface area (Å²) < 4.78 is 27.2. The second-order valence-electron chi connectivity index (χ2n) is 9.37. The number of cyclic esters (lactones) is 4. The van der Waals surface area contributed by atoms with Crippen LogP contribution in [0.2, 0.25) is 0 Å². The van der Waals surface area contributed by atoms with Crippen LogP contribution in [0, 0.1) is 0 Å². The molecule has 14 nitrogen and oxygen atoms in total. The van der Waals surface area contributed by atoms with Crippen LogP contribution in [0.3, 0.4) is 0 Å². The van der Waals surface area contributed by atoms with Crippen molar-refractivity contribution in [2.45, 2.75) is 80.1 Å². The standard InChI is InChI=1S/C7H7N.C7H10O3.C5H6O3.C5H6O2.C4H6O2.C4H10.C3H6O2.CH4O.CH4.Na/c1-8-7-5-3-2-4-6-7;1-2-9-5-6-3-4-10-7(6)8;6-3-4-1-2-8-5(4)7;1-4-2-3-7-5(4)6;5-4-2-1-3-6-4;1-3-4-2;1-2-5-3-4;1-2;;/h2-6H,1H2;5H,2-4H2,1H3;3,6H,1-2H2;1-3H2;1-3H2;3-4H2,1-2H3;3H,2H2,1H3;2H,1H3;1H4;/q;;;;;;;;;+1/p-1/b;6-5+;4-3+;;;;;;;. The average Bonchev–Trinajstić information content (AvgIpc) is 3.98. The number of unbranched alkanes of at least 4 members (excludes halogenated alkanes) is 1. The number of para-hydroxylation sites is 1. The smallest absolute Gasteiger partial charge is 0.878 e. The van der Waals surface area contributed by atoms with Gasteiger partial charge in [0.15, 0.2) is 0 Å². The fourth-order valence-corrected chi connectivity index (χ4v) is 2.84. The van der Waals surface area contributed by atoms with Crippen molar-refractivity contribution >= 4 is 42.8 Å². The van der Waals surface area contributed by atoms with Crippen LogP contribution in [-0.4, -0.2) is 88.9 Å². The Balaban J connectivity index is -0.000000165. The summed E-state index contributed by atoms with van der Waals surface area (Å²) in [7, 11) is 1.00. The van der Waals surface area contributed by atoms with Gasteiger partial charge in [-0.3, -0.25) is 14.6 Å². The molecule has 1 aromatic rings. The number of carbonyl (C=O) groups is 5. The zero-order valence-corrected chi connectivity index (χ0v) is 33.0. The van der Waals surface area contributed by atoms with Crippen molar-refractivity contribution in [2.75, 3.05) is 46.8 Å². The minimum atomic E-state index is -0.458. The summed E-state index contributed by atoms with van der Waals surface area (Å²) in [5, 5.41) is 16.9. The third kappa shape index (κ3) is 34.5. The van der Waals surface area contributed by atoms with Gasteiger partial charge in [-0.15, -0.1) is 6.26 Å². The Hall–Kier alpha value is -3.98. The molecular weight excluding hydrogens is 689 g/mol. The van der Waals surface area contributed by atoms with Crippen LogP contribution in [0.25, 0.3) is 0 Å². The van der Waals surface area contributed by atoms with Gasteiger partial charge in [-0.05, 0) is 39.1 Å². The van der Waals surface area contributed by atoms with Crippen LogP contribution < -0.4 is 34.7 Å². The molecule has 0 spiro atoms. The Labute approximate surface area is 331 Å². The SMILES string of the molecule is C.C=C1CCOC1=O.C=Nc1ccccc1.CCCC.CCO/C=C1\CCOC1=O.CCOC=O.CO.O=C1CCCO1.O=C1OCC/C1=C\[O-].[Na+]. The first kappa shape index (κ1) is 57.4. The molecule has 5 rings (SSSR count). The van der Waals surface area contributed by atoms with Gasteiger partial charge in [0, 0.05) is 43.9 Å². The van der Waals surface area contributed by atoms with Crippen LogP contribution in [0.1, 0.15) is 80.1 Å². The van der Waals surface area contributed by atoms with Crippen molar-refractivity contribution < 1.29 is 92.2 Å². The maximum atomic E-state index is 10.7. The van der Waals surface area contributed by atoms with E-state index in [4.69, 9.17) is 9.84 Å². The third-order valence-electron chi connectivity index (χ3n) is 5.66. The topological polar surface area (TPSA) is 196 Å². The average molecular weight is 748 g/mol. The van der Waals surface area contributed by atoms with E-state index in [0.29, 0.717) is 89.2 Å². The summed E-state index contributed by atoms with van der Waals surface area (Å²) in [6.45, 7) is 18.4. The maximum Gasteiger partial charge on any atom is 1.00 e. The minimum Gasteiger partial charge on any atom is -0.878 e. The summed E-state index contributed by atoms with van der Waals surface area (Å²) in [6.07, 6.45) is 8.07. The van der Waals surface area contributed by atoms with Crippen molar-refractivity contribution in [1.29, 1.82) is 0 Å². The van der Waals surface area contributed by atoms with Gasteiger partial charge < -0.3 is 38.6 Å². The molecule has 0 amide bonds. The summed E-state index contributed by atoms with van der Waals surface area (Å²) in [5.41, 5.74) is 2.42. The molecule has 0 saturated carbocycles. The zero-order valence-electron chi connectivity index (χ0n) is 31.0. The number of aliphatic imine (C=N–C) groups is 1. The predicted octanol–water partition coefficient (Wildman–Crippen LogP) is 2.10. The van der Waals surface area contributed by atoms with Gasteiger partial charge in [-0.2, -0.15) is 0 Å². The van der Waals surface area contributed by atoms with Gasteiger partial charge in [-0.25, -0.2) is 14.4 Å². The van der Waals surface area contributed by atoms with Crippen molar-refractivity contribution in [3.8, 4) is 0 Å². The number of aliphatic hydroxyl groups is 1. The van der Waals surface area contributed by atoms with E-state index in [1.165, 1.54) is 19.1 Å². The molecule has 1 N–H and O–H groups in total. The molecule has 0 radical (unpaired) electrons. The first-order valence-corrected chi connectivity index (χ1v) is 16.1. The number of aliphatic hydroxyl groups excluding tert-OH is 1.